The van der Waals surface area contributed by atoms with Crippen LogP contribution in [0.4, 0.5) is 5.82 Å². The highest BCUT2D eigenvalue weighted by Crippen LogP contribution is 2.30. The molecule has 0 spiro atoms. The minimum Gasteiger partial charge on any atom is -0.327 e. The molecule has 1 N–H and O–H groups in total. The highest BCUT2D eigenvalue weighted by Gasteiger charge is 2.20. The maximum atomic E-state index is 13.4. The van der Waals surface area contributed by atoms with E-state index in [1.54, 1.807) is 24.3 Å². The van der Waals surface area contributed by atoms with Crippen LogP contribution in [0.3, 0.4) is 0 Å². The second kappa shape index (κ2) is 7.94. The number of pyridine rings is 1. The van der Waals surface area contributed by atoms with Crippen molar-refractivity contribution in [1.82, 2.24) is 4.57 Å². The number of carbonyl (C=O) groups is 1. The number of halogens is 1. The molecule has 0 aliphatic carbocycles. The molecule has 0 saturated heterocycles. The standard InChI is InChI=1S/C24H19ClN2O2/c1-2-27-20-15-9-7-13-18(20)22(28)21(16-10-4-3-5-11-16)23(27)26-24(29)17-12-6-8-14-19(17)25/h3-15H,2H2,1H3,(H,26,29). The molecule has 4 rings (SSSR count). The molecule has 144 valence electrons. The number of hydrogen-bond donors (Lipinski definition) is 1. The highest BCUT2D eigenvalue weighted by molar-refractivity contribution is 6.34. The van der Waals surface area contributed by atoms with E-state index in [4.69, 9.17) is 11.6 Å². The van der Waals surface area contributed by atoms with E-state index in [9.17, 15) is 9.59 Å². The molecule has 0 aliphatic rings. The van der Waals surface area contributed by atoms with Crippen molar-refractivity contribution >= 4 is 34.2 Å². The van der Waals surface area contributed by atoms with Crippen molar-refractivity contribution in [3.63, 3.8) is 0 Å². The van der Waals surface area contributed by atoms with Gasteiger partial charge in [-0.1, -0.05) is 66.2 Å². The van der Waals surface area contributed by atoms with Gasteiger partial charge in [0.15, 0.2) is 5.43 Å². The molecule has 0 fully saturated rings. The summed E-state index contributed by atoms with van der Waals surface area (Å²) in [5, 5.41) is 3.93. The number of anilines is 1. The smallest absolute Gasteiger partial charge is 0.258 e. The molecular formula is C24H19ClN2O2. The number of amides is 1. The minimum absolute atomic E-state index is 0.119. The molecule has 0 bridgehead atoms. The van der Waals surface area contributed by atoms with E-state index in [1.807, 2.05) is 66.1 Å². The van der Waals surface area contributed by atoms with Crippen LogP contribution in [0.5, 0.6) is 0 Å². The zero-order chi connectivity index (χ0) is 20.4. The van der Waals surface area contributed by atoms with E-state index in [0.717, 1.165) is 11.1 Å². The molecule has 5 heteroatoms. The summed E-state index contributed by atoms with van der Waals surface area (Å²) in [6.45, 7) is 2.57. The van der Waals surface area contributed by atoms with Crippen molar-refractivity contribution < 1.29 is 4.79 Å². The van der Waals surface area contributed by atoms with Crippen LogP contribution in [0.15, 0.2) is 83.7 Å². The summed E-state index contributed by atoms with van der Waals surface area (Å²) in [5.41, 5.74) is 2.23. The lowest BCUT2D eigenvalue weighted by Crippen LogP contribution is -2.22. The molecule has 1 amide bonds. The van der Waals surface area contributed by atoms with Crippen LogP contribution in [0, 0.1) is 0 Å². The largest absolute Gasteiger partial charge is 0.327 e. The number of aromatic nitrogens is 1. The highest BCUT2D eigenvalue weighted by atomic mass is 35.5. The second-order valence-electron chi connectivity index (χ2n) is 6.61. The number of nitrogens with zero attached hydrogens (tertiary/aromatic N) is 1. The number of para-hydroxylation sites is 1. The monoisotopic (exact) mass is 402 g/mol. The fourth-order valence-electron chi connectivity index (χ4n) is 3.55. The number of carbonyl (C=O) groups excluding carboxylic acids is 1. The number of hydrogen-bond acceptors (Lipinski definition) is 2. The fourth-order valence-corrected chi connectivity index (χ4v) is 3.77. The molecule has 0 saturated carbocycles. The van der Waals surface area contributed by atoms with Crippen molar-refractivity contribution in [3.05, 3.63) is 99.7 Å². The van der Waals surface area contributed by atoms with Gasteiger partial charge in [0.2, 0.25) is 0 Å². The molecule has 1 aromatic heterocycles. The van der Waals surface area contributed by atoms with Gasteiger partial charge in [0, 0.05) is 11.9 Å². The summed E-state index contributed by atoms with van der Waals surface area (Å²) in [5.74, 6) is 0.108. The van der Waals surface area contributed by atoms with Gasteiger partial charge in [0.1, 0.15) is 5.82 Å². The Morgan fingerprint density at radius 1 is 0.931 bits per heavy atom. The van der Waals surface area contributed by atoms with Crippen LogP contribution in [0.25, 0.3) is 22.0 Å². The molecular weight excluding hydrogens is 384 g/mol. The normalized spacial score (nSPS) is 10.8. The maximum absolute atomic E-state index is 13.4. The van der Waals surface area contributed by atoms with E-state index in [0.29, 0.717) is 33.9 Å². The Hall–Kier alpha value is -3.37. The summed E-state index contributed by atoms with van der Waals surface area (Å²) in [7, 11) is 0. The van der Waals surface area contributed by atoms with Crippen LogP contribution in [0.1, 0.15) is 17.3 Å². The molecule has 0 atom stereocenters. The van der Waals surface area contributed by atoms with Gasteiger partial charge in [-0.05, 0) is 36.8 Å². The van der Waals surface area contributed by atoms with Crippen molar-refractivity contribution in [2.45, 2.75) is 13.5 Å². The van der Waals surface area contributed by atoms with E-state index in [2.05, 4.69) is 5.32 Å². The molecule has 4 nitrogen and oxygen atoms in total. The molecule has 3 aromatic carbocycles. The van der Waals surface area contributed by atoms with Crippen molar-refractivity contribution in [2.24, 2.45) is 0 Å². The lowest BCUT2D eigenvalue weighted by Gasteiger charge is -2.20. The number of nitrogens with one attached hydrogen (secondary N) is 1. The first-order valence-electron chi connectivity index (χ1n) is 9.38. The van der Waals surface area contributed by atoms with E-state index >= 15 is 0 Å². The van der Waals surface area contributed by atoms with Gasteiger partial charge in [-0.3, -0.25) is 9.59 Å². The summed E-state index contributed by atoms with van der Waals surface area (Å²) in [6, 6.07) is 23.7. The third kappa shape index (κ3) is 3.43. The molecule has 1 heterocycles. The lowest BCUT2D eigenvalue weighted by molar-refractivity contribution is 0.102. The molecule has 0 radical (unpaired) electrons. The summed E-state index contributed by atoms with van der Waals surface area (Å²) in [4.78, 5) is 26.4. The van der Waals surface area contributed by atoms with Gasteiger partial charge in [-0.2, -0.15) is 0 Å². The summed E-state index contributed by atoms with van der Waals surface area (Å²) in [6.07, 6.45) is 0. The zero-order valence-electron chi connectivity index (χ0n) is 15.9. The lowest BCUT2D eigenvalue weighted by atomic mass is 10.0. The van der Waals surface area contributed by atoms with Crippen molar-refractivity contribution in [3.8, 4) is 11.1 Å². The third-order valence-electron chi connectivity index (χ3n) is 4.90. The van der Waals surface area contributed by atoms with Crippen LogP contribution in [0.2, 0.25) is 5.02 Å². The van der Waals surface area contributed by atoms with Gasteiger partial charge >= 0.3 is 0 Å². The molecule has 0 unspecified atom stereocenters. The average molecular weight is 403 g/mol. The predicted octanol–water partition coefficient (Wildman–Crippen LogP) is 5.59. The van der Waals surface area contributed by atoms with Crippen LogP contribution in [-0.2, 0) is 6.54 Å². The maximum Gasteiger partial charge on any atom is 0.258 e. The third-order valence-corrected chi connectivity index (χ3v) is 5.23. The van der Waals surface area contributed by atoms with Crippen LogP contribution >= 0.6 is 11.6 Å². The van der Waals surface area contributed by atoms with Gasteiger partial charge in [0.05, 0.1) is 21.7 Å². The second-order valence-corrected chi connectivity index (χ2v) is 7.02. The van der Waals surface area contributed by atoms with Gasteiger partial charge in [-0.15, -0.1) is 0 Å². The molecule has 29 heavy (non-hydrogen) atoms. The Balaban J connectivity index is 2.00. The Morgan fingerprint density at radius 2 is 1.59 bits per heavy atom. The van der Waals surface area contributed by atoms with E-state index in [1.165, 1.54) is 0 Å². The van der Waals surface area contributed by atoms with Crippen LogP contribution < -0.4 is 10.7 Å². The minimum atomic E-state index is -0.357. The Kier molecular flexibility index (Phi) is 5.19. The van der Waals surface area contributed by atoms with E-state index in [-0.39, 0.29) is 11.3 Å². The topological polar surface area (TPSA) is 51.1 Å². The SMILES string of the molecule is CCn1c(NC(=O)c2ccccc2Cl)c(-c2ccccc2)c(=O)c2ccccc21. The fraction of sp³-hybridized carbons (Fsp3) is 0.0833. The Bertz CT molecular complexity index is 1260. The first kappa shape index (κ1) is 19.0. The first-order chi connectivity index (χ1) is 14.1. The number of aryl methyl sites for hydroxylation is 1. The number of benzene rings is 3. The van der Waals surface area contributed by atoms with E-state index < -0.39 is 0 Å². The molecule has 0 aliphatic heterocycles. The van der Waals surface area contributed by atoms with Gasteiger partial charge in [-0.25, -0.2) is 0 Å². The quantitative estimate of drug-likeness (QED) is 0.483. The molecule has 4 aromatic rings. The summed E-state index contributed by atoms with van der Waals surface area (Å²) < 4.78 is 1.95. The number of rotatable bonds is 4. The first-order valence-corrected chi connectivity index (χ1v) is 9.76. The number of fused-ring (bicyclic) bond motifs is 1. The average Bonchev–Trinajstić information content (AvgIpc) is 2.75. The zero-order valence-corrected chi connectivity index (χ0v) is 16.6. The van der Waals surface area contributed by atoms with Crippen molar-refractivity contribution in [1.29, 1.82) is 0 Å². The summed E-state index contributed by atoms with van der Waals surface area (Å²) >= 11 is 6.21. The van der Waals surface area contributed by atoms with Crippen LogP contribution in [-0.4, -0.2) is 10.5 Å². The Morgan fingerprint density at radius 3 is 2.31 bits per heavy atom. The predicted molar refractivity (Wildman–Crippen MR) is 119 cm³/mol. The Labute approximate surface area is 173 Å². The van der Waals surface area contributed by atoms with Gasteiger partial charge < -0.3 is 9.88 Å². The van der Waals surface area contributed by atoms with Gasteiger partial charge in [0.25, 0.3) is 5.91 Å². The van der Waals surface area contributed by atoms with Crippen molar-refractivity contribution in [2.75, 3.05) is 5.32 Å².